The van der Waals surface area contributed by atoms with Crippen molar-refractivity contribution in [3.05, 3.63) is 60.4 Å². The number of carbonyl (C=O) groups is 1. The zero-order valence-electron chi connectivity index (χ0n) is 12.1. The summed E-state index contributed by atoms with van der Waals surface area (Å²) in [7, 11) is 0. The third-order valence-electron chi connectivity index (χ3n) is 3.18. The van der Waals surface area contributed by atoms with Crippen molar-refractivity contribution in [2.75, 3.05) is 11.9 Å². The van der Waals surface area contributed by atoms with E-state index in [-0.39, 0.29) is 5.91 Å². The number of carbonyl (C=O) groups excluding carboxylic acids is 1. The lowest BCUT2D eigenvalue weighted by molar-refractivity contribution is 0.102. The summed E-state index contributed by atoms with van der Waals surface area (Å²) >= 11 is 0. The Kier molecular flexibility index (Phi) is 3.96. The highest BCUT2D eigenvalue weighted by Gasteiger charge is 2.13. The van der Waals surface area contributed by atoms with Crippen molar-refractivity contribution >= 4 is 22.6 Å². The topological polar surface area (TPSA) is 64.1 Å². The summed E-state index contributed by atoms with van der Waals surface area (Å²) in [6.07, 6.45) is 3.18. The van der Waals surface area contributed by atoms with Crippen LogP contribution < -0.4 is 10.1 Å². The fourth-order valence-corrected chi connectivity index (χ4v) is 2.22. The summed E-state index contributed by atoms with van der Waals surface area (Å²) in [6, 6.07) is 12.7. The molecule has 0 aliphatic carbocycles. The first-order chi connectivity index (χ1) is 10.8. The van der Waals surface area contributed by atoms with Gasteiger partial charge in [-0.05, 0) is 31.2 Å². The van der Waals surface area contributed by atoms with Crippen LogP contribution in [0.1, 0.15) is 17.3 Å². The molecule has 0 spiro atoms. The number of benzene rings is 2. The summed E-state index contributed by atoms with van der Waals surface area (Å²) in [5, 5.41) is 2.87. The summed E-state index contributed by atoms with van der Waals surface area (Å²) in [4.78, 5) is 21.0. The van der Waals surface area contributed by atoms with Crippen molar-refractivity contribution in [1.29, 1.82) is 0 Å². The van der Waals surface area contributed by atoms with Crippen LogP contribution in [0, 0.1) is 0 Å². The molecule has 110 valence electrons. The first-order valence-corrected chi connectivity index (χ1v) is 7.02. The van der Waals surface area contributed by atoms with E-state index in [4.69, 9.17) is 4.74 Å². The van der Waals surface area contributed by atoms with Gasteiger partial charge in [0.2, 0.25) is 0 Å². The van der Waals surface area contributed by atoms with Crippen LogP contribution in [0.25, 0.3) is 11.0 Å². The van der Waals surface area contributed by atoms with E-state index in [0.717, 1.165) is 0 Å². The van der Waals surface area contributed by atoms with Gasteiger partial charge in [0.15, 0.2) is 0 Å². The van der Waals surface area contributed by atoms with Gasteiger partial charge >= 0.3 is 0 Å². The molecule has 5 nitrogen and oxygen atoms in total. The number of hydrogen-bond donors (Lipinski definition) is 1. The van der Waals surface area contributed by atoms with Gasteiger partial charge in [0, 0.05) is 12.4 Å². The van der Waals surface area contributed by atoms with Crippen LogP contribution in [0.15, 0.2) is 54.9 Å². The van der Waals surface area contributed by atoms with Crippen LogP contribution in [-0.4, -0.2) is 22.5 Å². The Morgan fingerprint density at radius 1 is 1.09 bits per heavy atom. The Labute approximate surface area is 128 Å². The fourth-order valence-electron chi connectivity index (χ4n) is 2.22. The number of nitrogens with one attached hydrogen (secondary N) is 1. The molecule has 0 fully saturated rings. The molecule has 1 N–H and O–H groups in total. The highest BCUT2D eigenvalue weighted by atomic mass is 16.5. The molecule has 1 aromatic heterocycles. The highest BCUT2D eigenvalue weighted by molar-refractivity contribution is 6.11. The molecule has 1 heterocycles. The molecule has 0 aliphatic rings. The van der Waals surface area contributed by atoms with E-state index < -0.39 is 0 Å². The van der Waals surface area contributed by atoms with Crippen LogP contribution in [0.2, 0.25) is 0 Å². The molecule has 2 aromatic carbocycles. The van der Waals surface area contributed by atoms with Crippen molar-refractivity contribution < 1.29 is 9.53 Å². The summed E-state index contributed by atoms with van der Waals surface area (Å²) in [5.41, 5.74) is 2.39. The molecule has 0 bridgehead atoms. The first kappa shape index (κ1) is 14.0. The van der Waals surface area contributed by atoms with E-state index in [1.54, 1.807) is 30.6 Å². The van der Waals surface area contributed by atoms with Crippen molar-refractivity contribution in [2.45, 2.75) is 6.92 Å². The molecule has 5 heteroatoms. The van der Waals surface area contributed by atoms with E-state index in [1.807, 2.05) is 31.2 Å². The summed E-state index contributed by atoms with van der Waals surface area (Å²) in [5.74, 6) is 0.405. The Hall–Kier alpha value is -2.95. The molecular weight excluding hydrogens is 278 g/mol. The predicted octanol–water partition coefficient (Wildman–Crippen LogP) is 3.28. The SMILES string of the molecule is CCOc1ccccc1NC(=O)c1cccc2nccnc12. The van der Waals surface area contributed by atoms with Crippen LogP contribution in [0.5, 0.6) is 5.75 Å². The van der Waals surface area contributed by atoms with E-state index in [1.165, 1.54) is 0 Å². The number of rotatable bonds is 4. The van der Waals surface area contributed by atoms with Crippen molar-refractivity contribution in [1.82, 2.24) is 9.97 Å². The maximum atomic E-state index is 12.6. The Balaban J connectivity index is 1.94. The predicted molar refractivity (Wildman–Crippen MR) is 85.1 cm³/mol. The molecule has 0 unspecified atom stereocenters. The van der Waals surface area contributed by atoms with Gasteiger partial charge in [0.05, 0.1) is 23.4 Å². The third kappa shape index (κ3) is 2.74. The zero-order chi connectivity index (χ0) is 15.4. The number of hydrogen-bond acceptors (Lipinski definition) is 4. The van der Waals surface area contributed by atoms with Crippen molar-refractivity contribution in [3.8, 4) is 5.75 Å². The van der Waals surface area contributed by atoms with Crippen molar-refractivity contribution in [2.24, 2.45) is 0 Å². The maximum absolute atomic E-state index is 12.6. The van der Waals surface area contributed by atoms with E-state index in [9.17, 15) is 4.79 Å². The first-order valence-electron chi connectivity index (χ1n) is 7.02. The second-order valence-electron chi connectivity index (χ2n) is 4.61. The summed E-state index contributed by atoms with van der Waals surface area (Å²) < 4.78 is 5.52. The van der Waals surface area contributed by atoms with Gasteiger partial charge in [-0.2, -0.15) is 0 Å². The molecular formula is C17H15N3O2. The highest BCUT2D eigenvalue weighted by Crippen LogP contribution is 2.25. The molecule has 0 aliphatic heterocycles. The fraction of sp³-hybridized carbons (Fsp3) is 0.118. The second-order valence-corrected chi connectivity index (χ2v) is 4.61. The minimum atomic E-state index is -0.238. The van der Waals surface area contributed by atoms with E-state index in [2.05, 4.69) is 15.3 Å². The molecule has 1 amide bonds. The number of aromatic nitrogens is 2. The average molecular weight is 293 g/mol. The van der Waals surface area contributed by atoms with Crippen molar-refractivity contribution in [3.63, 3.8) is 0 Å². The lowest BCUT2D eigenvalue weighted by Crippen LogP contribution is -2.14. The Morgan fingerprint density at radius 3 is 2.77 bits per heavy atom. The van der Waals surface area contributed by atoms with Crippen LogP contribution in [0.3, 0.4) is 0 Å². The van der Waals surface area contributed by atoms with E-state index >= 15 is 0 Å². The Bertz CT molecular complexity index is 812. The molecule has 3 rings (SSSR count). The standard InChI is InChI=1S/C17H15N3O2/c1-2-22-15-9-4-3-7-13(15)20-17(21)12-6-5-8-14-16(12)19-11-10-18-14/h3-11H,2H2,1H3,(H,20,21). The van der Waals surface area contributed by atoms with Gasteiger partial charge in [-0.3, -0.25) is 14.8 Å². The van der Waals surface area contributed by atoms with Crippen LogP contribution >= 0.6 is 0 Å². The average Bonchev–Trinajstić information content (AvgIpc) is 2.56. The number of ether oxygens (including phenoxy) is 1. The lowest BCUT2D eigenvalue weighted by atomic mass is 10.1. The van der Waals surface area contributed by atoms with Gasteiger partial charge in [0.1, 0.15) is 11.3 Å². The van der Waals surface area contributed by atoms with Gasteiger partial charge < -0.3 is 10.1 Å². The quantitative estimate of drug-likeness (QED) is 0.801. The molecule has 3 aromatic rings. The van der Waals surface area contributed by atoms with E-state index in [0.29, 0.717) is 34.6 Å². The second kappa shape index (κ2) is 6.22. The third-order valence-corrected chi connectivity index (χ3v) is 3.18. The number of para-hydroxylation sites is 3. The number of nitrogens with zero attached hydrogens (tertiary/aromatic N) is 2. The monoisotopic (exact) mass is 293 g/mol. The molecule has 22 heavy (non-hydrogen) atoms. The molecule has 0 radical (unpaired) electrons. The normalized spacial score (nSPS) is 10.4. The van der Waals surface area contributed by atoms with Crippen LogP contribution in [-0.2, 0) is 0 Å². The minimum Gasteiger partial charge on any atom is -0.492 e. The maximum Gasteiger partial charge on any atom is 0.258 e. The Morgan fingerprint density at radius 2 is 1.91 bits per heavy atom. The van der Waals surface area contributed by atoms with Gasteiger partial charge in [0.25, 0.3) is 5.91 Å². The lowest BCUT2D eigenvalue weighted by Gasteiger charge is -2.11. The molecule has 0 atom stereocenters. The van der Waals surface area contributed by atoms with Crippen LogP contribution in [0.4, 0.5) is 5.69 Å². The van der Waals surface area contributed by atoms with Gasteiger partial charge in [-0.15, -0.1) is 0 Å². The molecule has 0 saturated heterocycles. The van der Waals surface area contributed by atoms with Gasteiger partial charge in [-0.25, -0.2) is 0 Å². The number of amides is 1. The summed E-state index contributed by atoms with van der Waals surface area (Å²) in [6.45, 7) is 2.44. The number of anilines is 1. The van der Waals surface area contributed by atoms with Gasteiger partial charge in [-0.1, -0.05) is 18.2 Å². The largest absolute Gasteiger partial charge is 0.492 e. The zero-order valence-corrected chi connectivity index (χ0v) is 12.1. The smallest absolute Gasteiger partial charge is 0.258 e. The minimum absolute atomic E-state index is 0.238. The number of fused-ring (bicyclic) bond motifs is 1. The molecule has 0 saturated carbocycles.